The van der Waals surface area contributed by atoms with E-state index in [0.29, 0.717) is 39.0 Å². The van der Waals surface area contributed by atoms with Crippen molar-refractivity contribution >= 4 is 5.91 Å². The lowest BCUT2D eigenvalue weighted by atomic mass is 10.1. The first-order valence-corrected chi connectivity index (χ1v) is 9.31. The van der Waals surface area contributed by atoms with Gasteiger partial charge in [0.15, 0.2) is 0 Å². The maximum atomic E-state index is 12.5. The average molecular weight is 368 g/mol. The van der Waals surface area contributed by atoms with Crippen molar-refractivity contribution in [2.24, 2.45) is 0 Å². The number of aryl methyl sites for hydroxylation is 2. The number of carbonyl (C=O) groups is 1. The summed E-state index contributed by atoms with van der Waals surface area (Å²) in [6, 6.07) is 9.98. The lowest BCUT2D eigenvalue weighted by Gasteiger charge is -2.17. The van der Waals surface area contributed by atoms with E-state index < -0.39 is 0 Å². The number of amides is 1. The van der Waals surface area contributed by atoms with E-state index in [-0.39, 0.29) is 5.91 Å². The van der Waals surface area contributed by atoms with Crippen molar-refractivity contribution < 1.29 is 9.53 Å². The van der Waals surface area contributed by atoms with E-state index in [0.717, 1.165) is 28.3 Å². The van der Waals surface area contributed by atoms with Gasteiger partial charge in [-0.3, -0.25) is 9.48 Å². The normalized spacial score (nSPS) is 10.5. The number of nitrogens with zero attached hydrogens (tertiary/aromatic N) is 4. The minimum atomic E-state index is 0.104. The van der Waals surface area contributed by atoms with E-state index in [1.54, 1.807) is 4.90 Å². The number of carbonyl (C=O) groups excluding carboxylic acids is 1. The number of hydrogen-bond donors (Lipinski definition) is 0. The fourth-order valence-corrected chi connectivity index (χ4v) is 3.11. The molecule has 2 rings (SSSR count). The van der Waals surface area contributed by atoms with Gasteiger partial charge in [-0.15, -0.1) is 0 Å². The fourth-order valence-electron chi connectivity index (χ4n) is 3.11. The standard InChI is InChI=1S/C21H28N4O2/c1-5-27-19-9-7-18(8-10-19)15-24(4)21(26)12-11-20-16(2)23-25(17(20)3)14-6-13-22/h7-10H,5-6,11-12,14-15H2,1-4H3. The Morgan fingerprint density at radius 3 is 2.63 bits per heavy atom. The second-order valence-corrected chi connectivity index (χ2v) is 6.61. The zero-order chi connectivity index (χ0) is 19.8. The Bertz CT molecular complexity index is 803. The van der Waals surface area contributed by atoms with Crippen molar-refractivity contribution in [2.75, 3.05) is 13.7 Å². The molecule has 0 fully saturated rings. The molecule has 0 atom stereocenters. The van der Waals surface area contributed by atoms with Crippen LogP contribution in [0.5, 0.6) is 5.75 Å². The molecule has 0 aliphatic rings. The molecule has 6 nitrogen and oxygen atoms in total. The predicted molar refractivity (Wildman–Crippen MR) is 104 cm³/mol. The zero-order valence-corrected chi connectivity index (χ0v) is 16.7. The van der Waals surface area contributed by atoms with Crippen LogP contribution >= 0.6 is 0 Å². The van der Waals surface area contributed by atoms with Crippen LogP contribution in [-0.4, -0.2) is 34.2 Å². The molecule has 0 N–H and O–H groups in total. The monoisotopic (exact) mass is 368 g/mol. The molecule has 0 saturated heterocycles. The Balaban J connectivity index is 1.91. The Morgan fingerprint density at radius 1 is 1.30 bits per heavy atom. The van der Waals surface area contributed by atoms with Crippen LogP contribution in [0.2, 0.25) is 0 Å². The number of nitriles is 1. The summed E-state index contributed by atoms with van der Waals surface area (Å²) in [7, 11) is 1.83. The molecule has 0 unspecified atom stereocenters. The SMILES string of the molecule is CCOc1ccc(CN(C)C(=O)CCc2c(C)nn(CCC#N)c2C)cc1. The lowest BCUT2D eigenvalue weighted by molar-refractivity contribution is -0.130. The van der Waals surface area contributed by atoms with E-state index in [1.807, 2.05) is 56.8 Å². The van der Waals surface area contributed by atoms with Gasteiger partial charge in [-0.1, -0.05) is 12.1 Å². The molecule has 0 spiro atoms. The maximum Gasteiger partial charge on any atom is 0.222 e. The summed E-state index contributed by atoms with van der Waals surface area (Å²) in [6.07, 6.45) is 1.54. The molecule has 0 saturated carbocycles. The molecule has 1 aromatic carbocycles. The van der Waals surface area contributed by atoms with Crippen molar-refractivity contribution in [1.82, 2.24) is 14.7 Å². The first-order valence-electron chi connectivity index (χ1n) is 9.31. The smallest absolute Gasteiger partial charge is 0.222 e. The van der Waals surface area contributed by atoms with Gasteiger partial charge in [-0.05, 0) is 50.5 Å². The van der Waals surface area contributed by atoms with Gasteiger partial charge in [0.25, 0.3) is 0 Å². The van der Waals surface area contributed by atoms with Crippen LogP contribution in [0.3, 0.4) is 0 Å². The summed E-state index contributed by atoms with van der Waals surface area (Å²) >= 11 is 0. The summed E-state index contributed by atoms with van der Waals surface area (Å²) in [4.78, 5) is 14.3. The van der Waals surface area contributed by atoms with Crippen molar-refractivity contribution in [3.63, 3.8) is 0 Å². The van der Waals surface area contributed by atoms with Crippen molar-refractivity contribution in [1.29, 1.82) is 5.26 Å². The van der Waals surface area contributed by atoms with Gasteiger partial charge in [0.05, 0.1) is 31.3 Å². The highest BCUT2D eigenvalue weighted by molar-refractivity contribution is 5.76. The van der Waals surface area contributed by atoms with Crippen molar-refractivity contribution in [3.8, 4) is 11.8 Å². The molecule has 0 aliphatic carbocycles. The largest absolute Gasteiger partial charge is 0.494 e. The van der Waals surface area contributed by atoms with Crippen LogP contribution in [0.4, 0.5) is 0 Å². The number of aromatic nitrogens is 2. The summed E-state index contributed by atoms with van der Waals surface area (Å²) < 4.78 is 7.31. The van der Waals surface area contributed by atoms with Crippen LogP contribution in [-0.2, 0) is 24.3 Å². The molecule has 6 heteroatoms. The molecule has 0 bridgehead atoms. The summed E-state index contributed by atoms with van der Waals surface area (Å²) in [5.74, 6) is 0.946. The molecule has 27 heavy (non-hydrogen) atoms. The van der Waals surface area contributed by atoms with Crippen LogP contribution < -0.4 is 4.74 Å². The fraction of sp³-hybridized carbons (Fsp3) is 0.476. The average Bonchev–Trinajstić information content (AvgIpc) is 2.93. The highest BCUT2D eigenvalue weighted by atomic mass is 16.5. The Morgan fingerprint density at radius 2 is 2.00 bits per heavy atom. The van der Waals surface area contributed by atoms with Crippen molar-refractivity contribution in [2.45, 2.75) is 53.1 Å². The van der Waals surface area contributed by atoms with Gasteiger partial charge < -0.3 is 9.64 Å². The molecular formula is C21H28N4O2. The quantitative estimate of drug-likeness (QED) is 0.680. The Hall–Kier alpha value is -2.81. The molecule has 0 radical (unpaired) electrons. The molecule has 0 aliphatic heterocycles. The van der Waals surface area contributed by atoms with E-state index in [9.17, 15) is 4.79 Å². The molecule has 2 aromatic rings. The highest BCUT2D eigenvalue weighted by Crippen LogP contribution is 2.17. The third-order valence-electron chi connectivity index (χ3n) is 4.64. The topological polar surface area (TPSA) is 71.2 Å². The second kappa shape index (κ2) is 9.77. The van der Waals surface area contributed by atoms with Gasteiger partial charge in [0, 0.05) is 25.7 Å². The maximum absolute atomic E-state index is 12.5. The van der Waals surface area contributed by atoms with Crippen LogP contribution in [0.25, 0.3) is 0 Å². The number of ether oxygens (including phenoxy) is 1. The molecule has 1 aromatic heterocycles. The first kappa shape index (κ1) is 20.5. The van der Waals surface area contributed by atoms with E-state index >= 15 is 0 Å². The summed E-state index contributed by atoms with van der Waals surface area (Å²) in [6.45, 7) is 7.72. The van der Waals surface area contributed by atoms with Gasteiger partial charge in [0.2, 0.25) is 5.91 Å². The highest BCUT2D eigenvalue weighted by Gasteiger charge is 2.15. The molecule has 1 heterocycles. The Labute approximate surface area is 161 Å². The van der Waals surface area contributed by atoms with Gasteiger partial charge in [-0.2, -0.15) is 10.4 Å². The lowest BCUT2D eigenvalue weighted by Crippen LogP contribution is -2.26. The minimum absolute atomic E-state index is 0.104. The number of benzene rings is 1. The summed E-state index contributed by atoms with van der Waals surface area (Å²) in [5, 5.41) is 13.2. The van der Waals surface area contributed by atoms with E-state index in [4.69, 9.17) is 10.00 Å². The predicted octanol–water partition coefficient (Wildman–Crippen LogP) is 3.40. The Kier molecular flexibility index (Phi) is 7.42. The second-order valence-electron chi connectivity index (χ2n) is 6.61. The molecular weight excluding hydrogens is 340 g/mol. The van der Waals surface area contributed by atoms with Gasteiger partial charge in [-0.25, -0.2) is 0 Å². The van der Waals surface area contributed by atoms with Crippen LogP contribution in [0.1, 0.15) is 42.3 Å². The molecule has 1 amide bonds. The van der Waals surface area contributed by atoms with Crippen molar-refractivity contribution in [3.05, 3.63) is 46.8 Å². The zero-order valence-electron chi connectivity index (χ0n) is 16.7. The van der Waals surface area contributed by atoms with Gasteiger partial charge >= 0.3 is 0 Å². The van der Waals surface area contributed by atoms with Crippen LogP contribution in [0, 0.1) is 25.2 Å². The first-order chi connectivity index (χ1) is 13.0. The molecule has 144 valence electrons. The van der Waals surface area contributed by atoms with Crippen LogP contribution in [0.15, 0.2) is 24.3 Å². The third kappa shape index (κ3) is 5.58. The summed E-state index contributed by atoms with van der Waals surface area (Å²) in [5.41, 5.74) is 4.17. The third-order valence-corrected chi connectivity index (χ3v) is 4.64. The number of hydrogen-bond acceptors (Lipinski definition) is 4. The minimum Gasteiger partial charge on any atom is -0.494 e. The van der Waals surface area contributed by atoms with Gasteiger partial charge in [0.1, 0.15) is 5.75 Å². The van der Waals surface area contributed by atoms with E-state index in [2.05, 4.69) is 11.2 Å². The van der Waals surface area contributed by atoms with E-state index in [1.165, 1.54) is 0 Å². The number of rotatable bonds is 9.